The Balaban J connectivity index is 2.17. The lowest BCUT2D eigenvalue weighted by atomic mass is 10.3. The molecule has 2 N–H and O–H groups in total. The highest BCUT2D eigenvalue weighted by Gasteiger charge is 2.00. The molecule has 0 amide bonds. The molecule has 0 aliphatic rings. The van der Waals surface area contributed by atoms with E-state index in [0.29, 0.717) is 6.04 Å². The molecule has 1 aromatic heterocycles. The number of nitrogens with zero attached hydrogens (tertiary/aromatic N) is 2. The highest BCUT2D eigenvalue weighted by molar-refractivity contribution is 7.03. The maximum atomic E-state index is 3.93. The van der Waals surface area contributed by atoms with Crippen molar-refractivity contribution in [2.75, 3.05) is 13.6 Å². The second-order valence-electron chi connectivity index (χ2n) is 2.74. The molecular formula is C7H14N4S. The van der Waals surface area contributed by atoms with Gasteiger partial charge in [0, 0.05) is 24.5 Å². The number of hydrogen-bond acceptors (Lipinski definition) is 5. The third-order valence-corrected chi connectivity index (χ3v) is 2.10. The van der Waals surface area contributed by atoms with Crippen molar-refractivity contribution in [3.05, 3.63) is 11.1 Å². The number of hydrogen-bond donors (Lipinski definition) is 2. The summed E-state index contributed by atoms with van der Waals surface area (Å²) in [5.74, 6) is 0. The molecule has 0 bridgehead atoms. The molecule has 0 aliphatic heterocycles. The first-order valence-corrected chi connectivity index (χ1v) is 4.80. The van der Waals surface area contributed by atoms with Gasteiger partial charge in [-0.05, 0) is 25.5 Å². The average Bonchev–Trinajstić information content (AvgIpc) is 2.53. The first-order valence-electron chi connectivity index (χ1n) is 3.97. The van der Waals surface area contributed by atoms with E-state index in [1.165, 1.54) is 11.5 Å². The molecule has 0 spiro atoms. The number of likely N-dealkylation sites (N-methyl/N-ethyl adjacent to an activating group) is 1. The largest absolute Gasteiger partial charge is 0.318 e. The van der Waals surface area contributed by atoms with Crippen molar-refractivity contribution in [2.24, 2.45) is 0 Å². The van der Waals surface area contributed by atoms with E-state index in [0.717, 1.165) is 18.8 Å². The second kappa shape index (κ2) is 5.18. The Morgan fingerprint density at radius 3 is 3.08 bits per heavy atom. The van der Waals surface area contributed by atoms with E-state index in [-0.39, 0.29) is 0 Å². The highest BCUT2D eigenvalue weighted by Crippen LogP contribution is 1.96. The maximum Gasteiger partial charge on any atom is 0.0893 e. The van der Waals surface area contributed by atoms with Crippen molar-refractivity contribution in [3.8, 4) is 0 Å². The Kier molecular flexibility index (Phi) is 4.13. The average molecular weight is 186 g/mol. The Morgan fingerprint density at radius 2 is 2.50 bits per heavy atom. The van der Waals surface area contributed by atoms with Crippen molar-refractivity contribution in [1.29, 1.82) is 0 Å². The summed E-state index contributed by atoms with van der Waals surface area (Å²) >= 11 is 1.39. The van der Waals surface area contributed by atoms with Crippen LogP contribution in [0.1, 0.15) is 12.6 Å². The van der Waals surface area contributed by atoms with Gasteiger partial charge in [0.15, 0.2) is 0 Å². The van der Waals surface area contributed by atoms with E-state index in [9.17, 15) is 0 Å². The molecule has 4 nitrogen and oxygen atoms in total. The molecule has 1 rings (SSSR count). The Morgan fingerprint density at radius 1 is 1.67 bits per heavy atom. The summed E-state index contributed by atoms with van der Waals surface area (Å²) < 4.78 is 3.78. The number of nitrogens with one attached hydrogen (secondary N) is 2. The molecule has 1 heterocycles. The molecule has 1 unspecified atom stereocenters. The standard InChI is InChI=1S/C7H14N4S/c1-6(3-8-2)9-4-7-5-12-11-10-7/h5-6,8-9H,3-4H2,1-2H3. The van der Waals surface area contributed by atoms with Gasteiger partial charge in [-0.3, -0.25) is 0 Å². The molecule has 0 aliphatic carbocycles. The Bertz CT molecular complexity index is 199. The zero-order valence-electron chi connectivity index (χ0n) is 7.37. The van der Waals surface area contributed by atoms with Crippen LogP contribution in [0, 0.1) is 0 Å². The fourth-order valence-corrected chi connectivity index (χ4v) is 1.37. The summed E-state index contributed by atoms with van der Waals surface area (Å²) in [5, 5.41) is 12.3. The van der Waals surface area contributed by atoms with Gasteiger partial charge in [0.2, 0.25) is 0 Å². The molecule has 0 radical (unpaired) electrons. The molecule has 12 heavy (non-hydrogen) atoms. The summed E-state index contributed by atoms with van der Waals surface area (Å²) in [4.78, 5) is 0. The van der Waals surface area contributed by atoms with Crippen LogP contribution in [0.15, 0.2) is 5.38 Å². The van der Waals surface area contributed by atoms with Gasteiger partial charge in [-0.15, -0.1) is 5.10 Å². The van der Waals surface area contributed by atoms with Crippen molar-refractivity contribution in [3.63, 3.8) is 0 Å². The highest BCUT2D eigenvalue weighted by atomic mass is 32.1. The van der Waals surface area contributed by atoms with Crippen molar-refractivity contribution in [1.82, 2.24) is 20.2 Å². The lowest BCUT2D eigenvalue weighted by Crippen LogP contribution is -2.34. The molecule has 68 valence electrons. The van der Waals surface area contributed by atoms with Crippen LogP contribution in [-0.4, -0.2) is 29.2 Å². The molecule has 1 aromatic rings. The summed E-state index contributed by atoms with van der Waals surface area (Å²) in [5.41, 5.74) is 1.02. The number of aromatic nitrogens is 2. The summed E-state index contributed by atoms with van der Waals surface area (Å²) in [6.07, 6.45) is 0. The van der Waals surface area contributed by atoms with E-state index in [1.807, 2.05) is 12.4 Å². The molecule has 0 saturated heterocycles. The van der Waals surface area contributed by atoms with Crippen LogP contribution in [0.4, 0.5) is 0 Å². The predicted octanol–water partition coefficient (Wildman–Crippen LogP) is 0.236. The van der Waals surface area contributed by atoms with Crippen LogP contribution in [0.25, 0.3) is 0 Å². The van der Waals surface area contributed by atoms with E-state index >= 15 is 0 Å². The van der Waals surface area contributed by atoms with Gasteiger partial charge in [0.25, 0.3) is 0 Å². The van der Waals surface area contributed by atoms with Crippen molar-refractivity contribution < 1.29 is 0 Å². The normalized spacial score (nSPS) is 13.2. The van der Waals surface area contributed by atoms with Crippen LogP contribution in [0.3, 0.4) is 0 Å². The molecule has 1 atom stereocenters. The van der Waals surface area contributed by atoms with Crippen molar-refractivity contribution >= 4 is 11.5 Å². The second-order valence-corrected chi connectivity index (χ2v) is 3.35. The third-order valence-electron chi connectivity index (χ3n) is 1.55. The Labute approximate surface area is 76.5 Å². The van der Waals surface area contributed by atoms with Gasteiger partial charge in [0.1, 0.15) is 0 Å². The van der Waals surface area contributed by atoms with Crippen LogP contribution in [-0.2, 0) is 6.54 Å². The zero-order chi connectivity index (χ0) is 8.81. The number of rotatable bonds is 5. The SMILES string of the molecule is CNCC(C)NCc1csnn1. The molecule has 0 aromatic carbocycles. The van der Waals surface area contributed by atoms with E-state index < -0.39 is 0 Å². The van der Waals surface area contributed by atoms with Gasteiger partial charge in [-0.25, -0.2) is 0 Å². The summed E-state index contributed by atoms with van der Waals surface area (Å²) in [6.45, 7) is 3.91. The Hall–Kier alpha value is -0.520. The minimum atomic E-state index is 0.469. The van der Waals surface area contributed by atoms with Gasteiger partial charge in [-0.1, -0.05) is 4.49 Å². The molecular weight excluding hydrogens is 172 g/mol. The van der Waals surface area contributed by atoms with Gasteiger partial charge in [-0.2, -0.15) is 0 Å². The quantitative estimate of drug-likeness (QED) is 0.691. The predicted molar refractivity (Wildman–Crippen MR) is 50.1 cm³/mol. The fraction of sp³-hybridized carbons (Fsp3) is 0.714. The lowest BCUT2D eigenvalue weighted by molar-refractivity contribution is 0.518. The van der Waals surface area contributed by atoms with Gasteiger partial charge >= 0.3 is 0 Å². The van der Waals surface area contributed by atoms with E-state index in [2.05, 4.69) is 27.1 Å². The van der Waals surface area contributed by atoms with Crippen molar-refractivity contribution in [2.45, 2.75) is 19.5 Å². The van der Waals surface area contributed by atoms with Gasteiger partial charge < -0.3 is 10.6 Å². The summed E-state index contributed by atoms with van der Waals surface area (Å²) in [7, 11) is 1.95. The molecule has 0 fully saturated rings. The van der Waals surface area contributed by atoms with Crippen LogP contribution in [0.2, 0.25) is 0 Å². The topological polar surface area (TPSA) is 49.8 Å². The molecule has 0 saturated carbocycles. The van der Waals surface area contributed by atoms with E-state index in [1.54, 1.807) is 0 Å². The first kappa shape index (κ1) is 9.57. The van der Waals surface area contributed by atoms with Gasteiger partial charge in [0.05, 0.1) is 5.69 Å². The molecule has 5 heteroatoms. The third kappa shape index (κ3) is 3.25. The first-order chi connectivity index (χ1) is 5.83. The summed E-state index contributed by atoms with van der Waals surface area (Å²) in [6, 6.07) is 0.469. The van der Waals surface area contributed by atoms with Crippen LogP contribution in [0.5, 0.6) is 0 Å². The zero-order valence-corrected chi connectivity index (χ0v) is 8.19. The minimum Gasteiger partial charge on any atom is -0.318 e. The smallest absolute Gasteiger partial charge is 0.0893 e. The van der Waals surface area contributed by atoms with E-state index in [4.69, 9.17) is 0 Å². The maximum absolute atomic E-state index is 3.93. The lowest BCUT2D eigenvalue weighted by Gasteiger charge is -2.10. The van der Waals surface area contributed by atoms with Crippen LogP contribution < -0.4 is 10.6 Å². The van der Waals surface area contributed by atoms with Crippen LogP contribution >= 0.6 is 11.5 Å². The monoisotopic (exact) mass is 186 g/mol. The minimum absolute atomic E-state index is 0.469. The fourth-order valence-electron chi connectivity index (χ4n) is 0.918.